The molecule has 0 radical (unpaired) electrons. The van der Waals surface area contributed by atoms with E-state index in [1.165, 1.54) is 12.8 Å². The molecule has 0 heterocycles. The number of nitrogens with two attached hydrogens (primary N) is 1. The standard InChI is InChI=1S/C17H26N2O2/c1-13-7-8-15(21-2)14(11-13)19-16(20)17(12-18)9-5-3-4-6-10-17/h7-8,11H,3-6,9-10,12,18H2,1-2H3,(H,19,20). The zero-order chi connectivity index (χ0) is 15.3. The minimum atomic E-state index is -0.425. The molecule has 0 unspecified atom stereocenters. The monoisotopic (exact) mass is 290 g/mol. The van der Waals surface area contributed by atoms with E-state index in [0.717, 1.165) is 36.9 Å². The molecule has 1 aromatic rings. The fourth-order valence-electron chi connectivity index (χ4n) is 3.10. The number of anilines is 1. The largest absolute Gasteiger partial charge is 0.495 e. The van der Waals surface area contributed by atoms with Gasteiger partial charge in [-0.05, 0) is 37.5 Å². The summed E-state index contributed by atoms with van der Waals surface area (Å²) in [6.07, 6.45) is 6.31. The van der Waals surface area contributed by atoms with Crippen molar-refractivity contribution in [2.24, 2.45) is 11.1 Å². The minimum absolute atomic E-state index is 0.0378. The van der Waals surface area contributed by atoms with Gasteiger partial charge in [0.05, 0.1) is 18.2 Å². The number of nitrogens with one attached hydrogen (secondary N) is 1. The van der Waals surface area contributed by atoms with Crippen LogP contribution >= 0.6 is 0 Å². The average Bonchev–Trinajstić information content (AvgIpc) is 2.74. The van der Waals surface area contributed by atoms with Crippen molar-refractivity contribution in [3.05, 3.63) is 23.8 Å². The van der Waals surface area contributed by atoms with Gasteiger partial charge in [-0.25, -0.2) is 0 Å². The Hall–Kier alpha value is -1.55. The van der Waals surface area contributed by atoms with Gasteiger partial charge in [-0.3, -0.25) is 4.79 Å². The van der Waals surface area contributed by atoms with Gasteiger partial charge in [0, 0.05) is 6.54 Å². The smallest absolute Gasteiger partial charge is 0.231 e. The van der Waals surface area contributed by atoms with Crippen molar-refractivity contribution in [3.63, 3.8) is 0 Å². The van der Waals surface area contributed by atoms with E-state index >= 15 is 0 Å². The van der Waals surface area contributed by atoms with Crippen molar-refractivity contribution < 1.29 is 9.53 Å². The van der Waals surface area contributed by atoms with Crippen LogP contribution < -0.4 is 15.8 Å². The van der Waals surface area contributed by atoms with Crippen LogP contribution in [-0.2, 0) is 4.79 Å². The Morgan fingerprint density at radius 3 is 2.52 bits per heavy atom. The van der Waals surface area contributed by atoms with E-state index in [4.69, 9.17) is 10.5 Å². The molecule has 2 rings (SSSR count). The maximum absolute atomic E-state index is 12.8. The highest BCUT2D eigenvalue weighted by atomic mass is 16.5. The molecule has 0 aromatic heterocycles. The molecule has 0 aliphatic heterocycles. The Morgan fingerprint density at radius 1 is 1.29 bits per heavy atom. The number of hydrogen-bond acceptors (Lipinski definition) is 3. The predicted molar refractivity (Wildman–Crippen MR) is 85.6 cm³/mol. The van der Waals surface area contributed by atoms with Crippen LogP contribution in [0.4, 0.5) is 5.69 Å². The van der Waals surface area contributed by atoms with Crippen LogP contribution in [0.5, 0.6) is 5.75 Å². The average molecular weight is 290 g/mol. The first-order chi connectivity index (χ1) is 10.1. The molecule has 0 atom stereocenters. The Kier molecular flexibility index (Phi) is 5.23. The third kappa shape index (κ3) is 3.56. The highest BCUT2D eigenvalue weighted by Gasteiger charge is 2.37. The SMILES string of the molecule is COc1ccc(C)cc1NC(=O)C1(CN)CCCCCC1. The maximum atomic E-state index is 12.8. The summed E-state index contributed by atoms with van der Waals surface area (Å²) < 4.78 is 5.33. The number of aryl methyl sites for hydroxylation is 1. The van der Waals surface area contributed by atoms with E-state index in [2.05, 4.69) is 5.32 Å². The second kappa shape index (κ2) is 6.94. The zero-order valence-corrected chi connectivity index (χ0v) is 13.1. The van der Waals surface area contributed by atoms with E-state index in [0.29, 0.717) is 12.3 Å². The molecule has 1 aromatic carbocycles. The normalized spacial score (nSPS) is 17.9. The topological polar surface area (TPSA) is 64.3 Å². The second-order valence-electron chi connectivity index (χ2n) is 6.06. The quantitative estimate of drug-likeness (QED) is 0.837. The number of amides is 1. The number of rotatable bonds is 4. The molecule has 0 saturated heterocycles. The molecule has 116 valence electrons. The van der Waals surface area contributed by atoms with Crippen LogP contribution in [0, 0.1) is 12.3 Å². The zero-order valence-electron chi connectivity index (χ0n) is 13.1. The van der Waals surface area contributed by atoms with E-state index < -0.39 is 5.41 Å². The molecule has 21 heavy (non-hydrogen) atoms. The number of hydrogen-bond donors (Lipinski definition) is 2. The Morgan fingerprint density at radius 2 is 1.95 bits per heavy atom. The predicted octanol–water partition coefficient (Wildman–Crippen LogP) is 3.24. The van der Waals surface area contributed by atoms with Gasteiger partial charge in [-0.15, -0.1) is 0 Å². The van der Waals surface area contributed by atoms with Crippen LogP contribution in [-0.4, -0.2) is 19.6 Å². The summed E-state index contributed by atoms with van der Waals surface area (Å²) in [5.41, 5.74) is 7.37. The number of carbonyl (C=O) groups is 1. The molecule has 1 aliphatic rings. The lowest BCUT2D eigenvalue weighted by molar-refractivity contribution is -0.125. The first-order valence-corrected chi connectivity index (χ1v) is 7.77. The van der Waals surface area contributed by atoms with E-state index in [9.17, 15) is 4.79 Å². The van der Waals surface area contributed by atoms with Crippen LogP contribution in [0.3, 0.4) is 0 Å². The lowest BCUT2D eigenvalue weighted by atomic mass is 9.79. The molecule has 1 fully saturated rings. The van der Waals surface area contributed by atoms with Gasteiger partial charge < -0.3 is 15.8 Å². The van der Waals surface area contributed by atoms with E-state index in [1.807, 2.05) is 25.1 Å². The summed E-state index contributed by atoms with van der Waals surface area (Å²) in [5.74, 6) is 0.727. The van der Waals surface area contributed by atoms with Crippen LogP contribution in [0.1, 0.15) is 44.1 Å². The summed E-state index contributed by atoms with van der Waals surface area (Å²) >= 11 is 0. The Bertz CT molecular complexity index is 492. The van der Waals surface area contributed by atoms with Gasteiger partial charge in [0.2, 0.25) is 5.91 Å². The van der Waals surface area contributed by atoms with Gasteiger partial charge in [0.1, 0.15) is 5.75 Å². The van der Waals surface area contributed by atoms with Crippen molar-refractivity contribution in [2.75, 3.05) is 19.0 Å². The molecule has 0 spiro atoms. The van der Waals surface area contributed by atoms with Crippen molar-refractivity contribution in [2.45, 2.75) is 45.4 Å². The Labute approximate surface area is 127 Å². The molecular formula is C17H26N2O2. The Balaban J connectivity index is 2.21. The van der Waals surface area contributed by atoms with E-state index in [1.54, 1.807) is 7.11 Å². The van der Waals surface area contributed by atoms with Gasteiger partial charge in [0.25, 0.3) is 0 Å². The number of carbonyl (C=O) groups excluding carboxylic acids is 1. The molecular weight excluding hydrogens is 264 g/mol. The summed E-state index contributed by atoms with van der Waals surface area (Å²) in [6, 6.07) is 5.80. The summed E-state index contributed by atoms with van der Waals surface area (Å²) in [5, 5.41) is 3.05. The highest BCUT2D eigenvalue weighted by molar-refractivity contribution is 5.96. The fourth-order valence-corrected chi connectivity index (χ4v) is 3.10. The van der Waals surface area contributed by atoms with Crippen LogP contribution in [0.2, 0.25) is 0 Å². The lowest BCUT2D eigenvalue weighted by Gasteiger charge is -2.30. The molecule has 4 heteroatoms. The highest BCUT2D eigenvalue weighted by Crippen LogP contribution is 2.36. The van der Waals surface area contributed by atoms with Gasteiger partial charge in [-0.1, -0.05) is 31.7 Å². The first kappa shape index (κ1) is 15.8. The molecule has 4 nitrogen and oxygen atoms in total. The number of methoxy groups -OCH3 is 1. The molecule has 1 amide bonds. The van der Waals surface area contributed by atoms with Crippen LogP contribution in [0.25, 0.3) is 0 Å². The van der Waals surface area contributed by atoms with Crippen molar-refractivity contribution >= 4 is 11.6 Å². The number of ether oxygens (including phenoxy) is 1. The summed E-state index contributed by atoms with van der Waals surface area (Å²) in [7, 11) is 1.62. The maximum Gasteiger partial charge on any atom is 0.231 e. The van der Waals surface area contributed by atoms with Crippen molar-refractivity contribution in [1.29, 1.82) is 0 Å². The van der Waals surface area contributed by atoms with Gasteiger partial charge in [-0.2, -0.15) is 0 Å². The van der Waals surface area contributed by atoms with E-state index in [-0.39, 0.29) is 5.91 Å². The second-order valence-corrected chi connectivity index (χ2v) is 6.06. The molecule has 0 bridgehead atoms. The third-order valence-electron chi connectivity index (χ3n) is 4.54. The van der Waals surface area contributed by atoms with Crippen molar-refractivity contribution in [1.82, 2.24) is 0 Å². The first-order valence-electron chi connectivity index (χ1n) is 7.77. The summed E-state index contributed by atoms with van der Waals surface area (Å²) in [4.78, 5) is 12.8. The summed E-state index contributed by atoms with van der Waals surface area (Å²) in [6.45, 7) is 2.41. The van der Waals surface area contributed by atoms with Gasteiger partial charge in [0.15, 0.2) is 0 Å². The fraction of sp³-hybridized carbons (Fsp3) is 0.588. The molecule has 1 saturated carbocycles. The van der Waals surface area contributed by atoms with Crippen molar-refractivity contribution in [3.8, 4) is 5.75 Å². The molecule has 1 aliphatic carbocycles. The third-order valence-corrected chi connectivity index (χ3v) is 4.54. The van der Waals surface area contributed by atoms with Crippen LogP contribution in [0.15, 0.2) is 18.2 Å². The minimum Gasteiger partial charge on any atom is -0.495 e. The van der Waals surface area contributed by atoms with Gasteiger partial charge >= 0.3 is 0 Å². The number of benzene rings is 1. The lowest BCUT2D eigenvalue weighted by Crippen LogP contribution is -2.42. The molecule has 3 N–H and O–H groups in total.